The SMILES string of the molecule is Clc1nc(Cl)nc(Cl)n1.Nc1ccc(O)cc1.Nc1ccc(O)cc1. The average molecular weight is 403 g/mol. The highest BCUT2D eigenvalue weighted by atomic mass is 35.5. The van der Waals surface area contributed by atoms with Crippen LogP contribution in [0.25, 0.3) is 0 Å². The second kappa shape index (κ2) is 10.4. The molecule has 0 spiro atoms. The summed E-state index contributed by atoms with van der Waals surface area (Å²) in [5.74, 6) is 0.499. The first kappa shape index (κ1) is 20.6. The van der Waals surface area contributed by atoms with E-state index in [4.69, 9.17) is 56.5 Å². The molecule has 132 valence electrons. The van der Waals surface area contributed by atoms with Gasteiger partial charge < -0.3 is 21.7 Å². The van der Waals surface area contributed by atoms with E-state index >= 15 is 0 Å². The van der Waals surface area contributed by atoms with Crippen molar-refractivity contribution in [3.63, 3.8) is 0 Å². The Morgan fingerprint density at radius 1 is 0.560 bits per heavy atom. The standard InChI is InChI=1S/2C6H7NO.C3Cl3N3/c2*7-5-1-3-6(8)4-2-5;4-1-7-2(5)9-3(6)8-1/h2*1-4,8H,7H2;. The molecule has 0 unspecified atom stereocenters. The van der Waals surface area contributed by atoms with Gasteiger partial charge in [0, 0.05) is 11.4 Å². The van der Waals surface area contributed by atoms with Crippen LogP contribution in [0.2, 0.25) is 15.9 Å². The van der Waals surface area contributed by atoms with Crippen molar-refractivity contribution in [2.45, 2.75) is 0 Å². The number of rotatable bonds is 0. The lowest BCUT2D eigenvalue weighted by Crippen LogP contribution is -1.87. The van der Waals surface area contributed by atoms with Gasteiger partial charge in [0.1, 0.15) is 11.5 Å². The molecule has 1 heterocycles. The number of phenols is 2. The summed E-state index contributed by atoms with van der Waals surface area (Å²) in [4.78, 5) is 10.4. The maximum atomic E-state index is 8.70. The van der Waals surface area contributed by atoms with Crippen molar-refractivity contribution in [3.05, 3.63) is 64.4 Å². The minimum absolute atomic E-state index is 0.000000000000000444. The Labute approximate surface area is 158 Å². The van der Waals surface area contributed by atoms with Crippen molar-refractivity contribution in [3.8, 4) is 11.5 Å². The molecule has 10 heteroatoms. The van der Waals surface area contributed by atoms with Gasteiger partial charge in [-0.3, -0.25) is 0 Å². The molecule has 0 aliphatic carbocycles. The Balaban J connectivity index is 0.000000188. The van der Waals surface area contributed by atoms with Crippen LogP contribution in [-0.2, 0) is 0 Å². The maximum absolute atomic E-state index is 8.70. The molecule has 0 bridgehead atoms. The lowest BCUT2D eigenvalue weighted by atomic mass is 10.3. The van der Waals surface area contributed by atoms with Crippen LogP contribution in [0.4, 0.5) is 11.4 Å². The normalized spacial score (nSPS) is 9.24. The molecule has 0 saturated heterocycles. The molecule has 0 amide bonds. The van der Waals surface area contributed by atoms with E-state index in [9.17, 15) is 0 Å². The Kier molecular flexibility index (Phi) is 8.55. The van der Waals surface area contributed by atoms with Gasteiger partial charge in [-0.15, -0.1) is 0 Å². The molecule has 7 nitrogen and oxygen atoms in total. The third kappa shape index (κ3) is 9.41. The molecule has 0 saturated carbocycles. The van der Waals surface area contributed by atoms with Crippen LogP contribution in [0.3, 0.4) is 0 Å². The topological polar surface area (TPSA) is 131 Å². The van der Waals surface area contributed by atoms with Crippen molar-refractivity contribution < 1.29 is 10.2 Å². The number of benzene rings is 2. The molecule has 0 atom stereocenters. The Hall–Kier alpha value is -2.48. The number of phenolic OH excluding ortho intramolecular Hbond substituents is 2. The Bertz CT molecular complexity index is 650. The first-order valence-corrected chi connectivity index (χ1v) is 7.71. The molecule has 0 radical (unpaired) electrons. The van der Waals surface area contributed by atoms with Gasteiger partial charge in [0.2, 0.25) is 15.9 Å². The van der Waals surface area contributed by atoms with Crippen LogP contribution in [0, 0.1) is 0 Å². The summed E-state index contributed by atoms with van der Waals surface area (Å²) in [5.41, 5.74) is 12.0. The molecule has 25 heavy (non-hydrogen) atoms. The third-order valence-corrected chi connectivity index (χ3v) is 2.85. The molecule has 0 aliphatic heterocycles. The van der Waals surface area contributed by atoms with Gasteiger partial charge in [-0.1, -0.05) is 0 Å². The van der Waals surface area contributed by atoms with Crippen molar-refractivity contribution in [1.29, 1.82) is 0 Å². The largest absolute Gasteiger partial charge is 0.508 e. The van der Waals surface area contributed by atoms with Gasteiger partial charge in [-0.05, 0) is 83.3 Å². The molecule has 2 aromatic carbocycles. The number of hydrogen-bond donors (Lipinski definition) is 4. The van der Waals surface area contributed by atoms with Crippen molar-refractivity contribution in [2.75, 3.05) is 11.5 Å². The monoisotopic (exact) mass is 401 g/mol. The van der Waals surface area contributed by atoms with Gasteiger partial charge in [-0.25, -0.2) is 0 Å². The highest BCUT2D eigenvalue weighted by molar-refractivity contribution is 6.33. The zero-order chi connectivity index (χ0) is 18.8. The van der Waals surface area contributed by atoms with Crippen LogP contribution in [0.5, 0.6) is 11.5 Å². The maximum Gasteiger partial charge on any atom is 0.227 e. The lowest BCUT2D eigenvalue weighted by molar-refractivity contribution is 0.475. The average Bonchev–Trinajstić information content (AvgIpc) is 2.53. The van der Waals surface area contributed by atoms with Crippen LogP contribution < -0.4 is 11.5 Å². The molecule has 0 fully saturated rings. The predicted molar refractivity (Wildman–Crippen MR) is 99.9 cm³/mol. The van der Waals surface area contributed by atoms with Crippen LogP contribution >= 0.6 is 34.8 Å². The number of halogens is 3. The zero-order valence-corrected chi connectivity index (χ0v) is 14.9. The summed E-state index contributed by atoms with van der Waals surface area (Å²) in [6.07, 6.45) is 0. The van der Waals surface area contributed by atoms with Crippen molar-refractivity contribution in [2.24, 2.45) is 0 Å². The molecule has 6 N–H and O–H groups in total. The third-order valence-electron chi connectivity index (χ3n) is 2.34. The van der Waals surface area contributed by atoms with E-state index < -0.39 is 0 Å². The highest BCUT2D eigenvalue weighted by Crippen LogP contribution is 2.10. The molecular formula is C15H14Cl3N5O2. The summed E-state index contributed by atoms with van der Waals surface area (Å²) in [6, 6.07) is 12.8. The number of hydrogen-bond acceptors (Lipinski definition) is 7. The fourth-order valence-electron chi connectivity index (χ4n) is 1.25. The minimum atomic E-state index is 0.000000000000000444. The number of aromatic nitrogens is 3. The molecule has 0 aliphatic rings. The Morgan fingerprint density at radius 2 is 0.800 bits per heavy atom. The highest BCUT2D eigenvalue weighted by Gasteiger charge is 1.97. The van der Waals surface area contributed by atoms with E-state index in [0.29, 0.717) is 11.4 Å². The van der Waals surface area contributed by atoms with E-state index in [-0.39, 0.29) is 27.3 Å². The zero-order valence-electron chi connectivity index (χ0n) is 12.6. The molecule has 1 aromatic heterocycles. The van der Waals surface area contributed by atoms with Gasteiger partial charge in [0.15, 0.2) is 0 Å². The smallest absolute Gasteiger partial charge is 0.227 e. The predicted octanol–water partition coefficient (Wildman–Crippen LogP) is 3.78. The second-order valence-corrected chi connectivity index (χ2v) is 5.34. The summed E-state index contributed by atoms with van der Waals surface area (Å²) < 4.78 is 0. The molecule has 3 rings (SSSR count). The molecular weight excluding hydrogens is 389 g/mol. The fourth-order valence-corrected chi connectivity index (χ4v) is 1.86. The first-order chi connectivity index (χ1) is 11.8. The lowest BCUT2D eigenvalue weighted by Gasteiger charge is -1.89. The number of nitrogens with two attached hydrogens (primary N) is 2. The summed E-state index contributed by atoms with van der Waals surface area (Å²) >= 11 is 16.0. The van der Waals surface area contributed by atoms with E-state index in [1.165, 1.54) is 0 Å². The van der Waals surface area contributed by atoms with Gasteiger partial charge in [0.05, 0.1) is 0 Å². The fraction of sp³-hybridized carbons (Fsp3) is 0. The first-order valence-electron chi connectivity index (χ1n) is 6.58. The van der Waals surface area contributed by atoms with Gasteiger partial charge in [-0.2, -0.15) is 15.0 Å². The van der Waals surface area contributed by atoms with E-state index in [1.807, 2.05) is 0 Å². The van der Waals surface area contributed by atoms with Crippen LogP contribution in [0.1, 0.15) is 0 Å². The number of aromatic hydroxyl groups is 2. The van der Waals surface area contributed by atoms with Gasteiger partial charge >= 0.3 is 0 Å². The second-order valence-electron chi connectivity index (χ2n) is 4.33. The molecule has 3 aromatic rings. The quantitative estimate of drug-likeness (QED) is 0.332. The van der Waals surface area contributed by atoms with E-state index in [2.05, 4.69) is 15.0 Å². The summed E-state index contributed by atoms with van der Waals surface area (Å²) in [7, 11) is 0. The van der Waals surface area contributed by atoms with Crippen molar-refractivity contribution in [1.82, 2.24) is 15.0 Å². The van der Waals surface area contributed by atoms with E-state index in [0.717, 1.165) is 0 Å². The Morgan fingerprint density at radius 3 is 1.00 bits per heavy atom. The summed E-state index contributed by atoms with van der Waals surface area (Å²) in [6.45, 7) is 0. The minimum Gasteiger partial charge on any atom is -0.508 e. The number of nitrogen functional groups attached to an aromatic ring is 2. The van der Waals surface area contributed by atoms with Crippen LogP contribution in [0.15, 0.2) is 48.5 Å². The van der Waals surface area contributed by atoms with E-state index in [1.54, 1.807) is 48.5 Å². The van der Waals surface area contributed by atoms with Gasteiger partial charge in [0.25, 0.3) is 0 Å². The summed E-state index contributed by atoms with van der Waals surface area (Å²) in [5, 5.41) is 17.4. The van der Waals surface area contributed by atoms with Crippen molar-refractivity contribution >= 4 is 46.2 Å². The number of nitrogens with zero attached hydrogens (tertiary/aromatic N) is 3. The van der Waals surface area contributed by atoms with Crippen LogP contribution in [-0.4, -0.2) is 25.2 Å². The number of anilines is 2.